The van der Waals surface area contributed by atoms with Crippen LogP contribution in [0.1, 0.15) is 83.6 Å². The molecule has 5 nitrogen and oxygen atoms in total. The van der Waals surface area contributed by atoms with Gasteiger partial charge in [-0.3, -0.25) is 4.99 Å². The van der Waals surface area contributed by atoms with Gasteiger partial charge in [0.1, 0.15) is 5.01 Å². The topological polar surface area (TPSA) is 76.5 Å². The fourth-order valence-corrected chi connectivity index (χ4v) is 5.47. The lowest BCUT2D eigenvalue weighted by molar-refractivity contribution is 0.365. The quantitative estimate of drug-likeness (QED) is 0.440. The first kappa shape index (κ1) is 22.1. The maximum atomic E-state index is 6.04. The van der Waals surface area contributed by atoms with Gasteiger partial charge in [0.2, 0.25) is 5.13 Å². The van der Waals surface area contributed by atoms with Crippen molar-refractivity contribution >= 4 is 39.1 Å². The van der Waals surface area contributed by atoms with Crippen molar-refractivity contribution in [2.75, 3.05) is 7.05 Å². The first-order valence-electron chi connectivity index (χ1n) is 9.95. The zero-order valence-corrected chi connectivity index (χ0v) is 18.9. The second-order valence-electron chi connectivity index (χ2n) is 7.24. The summed E-state index contributed by atoms with van der Waals surface area (Å²) in [5, 5.41) is 11.4. The van der Waals surface area contributed by atoms with E-state index in [9.17, 15) is 0 Å². The molecule has 0 aliphatic heterocycles. The average Bonchev–Trinajstić information content (AvgIpc) is 3.14. The van der Waals surface area contributed by atoms with Gasteiger partial charge < -0.3 is 5.73 Å². The van der Waals surface area contributed by atoms with Gasteiger partial charge in [0.25, 0.3) is 0 Å². The molecule has 150 valence electrons. The van der Waals surface area contributed by atoms with E-state index in [1.54, 1.807) is 30.1 Å². The maximum absolute atomic E-state index is 6.04. The van der Waals surface area contributed by atoms with Gasteiger partial charge in [-0.15, -0.1) is 10.2 Å². The Bertz CT molecular complexity index is 705. The van der Waals surface area contributed by atoms with E-state index in [0.29, 0.717) is 17.0 Å². The first-order valence-corrected chi connectivity index (χ1v) is 11.6. The number of amidine groups is 1. The molecule has 1 saturated carbocycles. The summed E-state index contributed by atoms with van der Waals surface area (Å²) in [6.45, 7) is 8.68. The van der Waals surface area contributed by atoms with Gasteiger partial charge in [-0.2, -0.15) is 0 Å². The third-order valence-corrected chi connectivity index (χ3v) is 7.38. The average molecular weight is 408 g/mol. The van der Waals surface area contributed by atoms with E-state index in [-0.39, 0.29) is 0 Å². The largest absolute Gasteiger partial charge is 0.378 e. The summed E-state index contributed by atoms with van der Waals surface area (Å²) < 4.78 is 0. The first-order chi connectivity index (χ1) is 13.0. The molecule has 0 aromatic carbocycles. The van der Waals surface area contributed by atoms with Crippen LogP contribution in [0.15, 0.2) is 20.5 Å². The molecule has 2 atom stereocenters. The van der Waals surface area contributed by atoms with E-state index in [0.717, 1.165) is 41.5 Å². The van der Waals surface area contributed by atoms with Crippen molar-refractivity contribution in [1.29, 1.82) is 0 Å². The lowest BCUT2D eigenvalue weighted by atomic mass is 9.80. The van der Waals surface area contributed by atoms with E-state index in [1.165, 1.54) is 29.7 Å². The van der Waals surface area contributed by atoms with E-state index < -0.39 is 0 Å². The summed E-state index contributed by atoms with van der Waals surface area (Å²) in [6.07, 6.45) is 7.90. The highest BCUT2D eigenvalue weighted by Crippen LogP contribution is 2.45. The van der Waals surface area contributed by atoms with Crippen molar-refractivity contribution in [1.82, 2.24) is 10.2 Å². The summed E-state index contributed by atoms with van der Waals surface area (Å²) >= 11 is 3.31. The highest BCUT2D eigenvalue weighted by molar-refractivity contribution is 8.17. The van der Waals surface area contributed by atoms with Crippen LogP contribution in [0.5, 0.6) is 0 Å². The molecule has 0 saturated heterocycles. The highest BCUT2D eigenvalue weighted by atomic mass is 32.2. The smallest absolute Gasteiger partial charge is 0.231 e. The number of allylic oxidation sites excluding steroid dienone is 2. The number of nitrogens with two attached hydrogens (primary N) is 1. The molecular weight excluding hydrogens is 374 g/mol. The SMILES string of the molecule is CCCC(C)=Nc1nnc(C2CCCC(C(SC(N)=NC)=C(C)CC)C2)s1. The number of aromatic nitrogens is 2. The van der Waals surface area contributed by atoms with Crippen LogP contribution in [0.4, 0.5) is 5.13 Å². The zero-order chi connectivity index (χ0) is 19.8. The second kappa shape index (κ2) is 11.0. The van der Waals surface area contributed by atoms with Crippen molar-refractivity contribution < 1.29 is 0 Å². The number of aliphatic imine (C=N–C) groups is 2. The summed E-state index contributed by atoms with van der Waals surface area (Å²) in [7, 11) is 1.76. The van der Waals surface area contributed by atoms with Gasteiger partial charge in [0.05, 0.1) is 0 Å². The van der Waals surface area contributed by atoms with Gasteiger partial charge in [0.15, 0.2) is 5.17 Å². The Labute approximate surface area is 172 Å². The molecule has 2 N–H and O–H groups in total. The van der Waals surface area contributed by atoms with E-state index in [4.69, 9.17) is 5.73 Å². The highest BCUT2D eigenvalue weighted by Gasteiger charge is 2.29. The monoisotopic (exact) mass is 407 g/mol. The minimum absolute atomic E-state index is 0.469. The molecule has 1 aromatic rings. The van der Waals surface area contributed by atoms with Crippen molar-refractivity contribution in [3.8, 4) is 0 Å². The molecule has 1 heterocycles. The van der Waals surface area contributed by atoms with Crippen LogP contribution in [0.3, 0.4) is 0 Å². The number of hydrogen-bond donors (Lipinski definition) is 1. The molecule has 0 spiro atoms. The summed E-state index contributed by atoms with van der Waals surface area (Å²) in [5.74, 6) is 1.00. The lowest BCUT2D eigenvalue weighted by Gasteiger charge is -2.30. The maximum Gasteiger partial charge on any atom is 0.231 e. The molecule has 2 rings (SSSR count). The Morgan fingerprint density at radius 2 is 2.04 bits per heavy atom. The molecule has 1 fully saturated rings. The fraction of sp³-hybridized carbons (Fsp3) is 0.700. The van der Waals surface area contributed by atoms with Crippen LogP contribution in [-0.2, 0) is 0 Å². The zero-order valence-electron chi connectivity index (χ0n) is 17.3. The summed E-state index contributed by atoms with van der Waals surface area (Å²) in [6, 6.07) is 0. The van der Waals surface area contributed by atoms with Crippen LogP contribution in [0.2, 0.25) is 0 Å². The minimum atomic E-state index is 0.469. The van der Waals surface area contributed by atoms with Gasteiger partial charge in [-0.1, -0.05) is 55.4 Å². The van der Waals surface area contributed by atoms with Crippen LogP contribution >= 0.6 is 23.1 Å². The minimum Gasteiger partial charge on any atom is -0.378 e. The fourth-order valence-electron chi connectivity index (χ4n) is 3.52. The predicted molar refractivity (Wildman–Crippen MR) is 120 cm³/mol. The van der Waals surface area contributed by atoms with Crippen LogP contribution in [-0.4, -0.2) is 28.1 Å². The van der Waals surface area contributed by atoms with Crippen molar-refractivity contribution in [2.24, 2.45) is 21.6 Å². The van der Waals surface area contributed by atoms with E-state index >= 15 is 0 Å². The Morgan fingerprint density at radius 3 is 2.70 bits per heavy atom. The van der Waals surface area contributed by atoms with E-state index in [1.807, 2.05) is 0 Å². The van der Waals surface area contributed by atoms with Gasteiger partial charge >= 0.3 is 0 Å². The Kier molecular flexibility index (Phi) is 8.96. The van der Waals surface area contributed by atoms with Crippen molar-refractivity contribution in [3.05, 3.63) is 15.5 Å². The van der Waals surface area contributed by atoms with Crippen molar-refractivity contribution in [3.63, 3.8) is 0 Å². The predicted octanol–water partition coefficient (Wildman–Crippen LogP) is 6.07. The third kappa shape index (κ3) is 6.42. The van der Waals surface area contributed by atoms with Crippen LogP contribution in [0.25, 0.3) is 0 Å². The lowest BCUT2D eigenvalue weighted by Crippen LogP contribution is -2.18. The van der Waals surface area contributed by atoms with Crippen LogP contribution < -0.4 is 5.73 Å². The molecule has 1 aromatic heterocycles. The van der Waals surface area contributed by atoms with Gasteiger partial charge in [-0.25, -0.2) is 4.99 Å². The number of nitrogens with zero attached hydrogens (tertiary/aromatic N) is 4. The molecular formula is C20H33N5S2. The van der Waals surface area contributed by atoms with Crippen molar-refractivity contribution in [2.45, 2.75) is 78.6 Å². The Balaban J connectivity index is 2.15. The molecule has 0 amide bonds. The molecule has 0 radical (unpaired) electrons. The molecule has 0 bridgehead atoms. The molecule has 1 aliphatic carbocycles. The van der Waals surface area contributed by atoms with Crippen LogP contribution in [0, 0.1) is 5.92 Å². The molecule has 27 heavy (non-hydrogen) atoms. The molecule has 7 heteroatoms. The molecule has 2 unspecified atom stereocenters. The van der Waals surface area contributed by atoms with E-state index in [2.05, 4.69) is 47.9 Å². The van der Waals surface area contributed by atoms with Gasteiger partial charge in [0, 0.05) is 18.7 Å². The normalized spacial score (nSPS) is 22.7. The summed E-state index contributed by atoms with van der Waals surface area (Å²) in [5.41, 5.74) is 8.60. The standard InChI is InChI=1S/C20H33N5S2/c1-6-9-14(4)23-20-25-24-18(27-20)16-11-8-10-15(12-16)17(13(3)7-2)26-19(21)22-5/h15-16H,6-12H2,1-5H3,(H2,21,22). The number of rotatable bonds is 7. The van der Waals surface area contributed by atoms with Gasteiger partial charge in [-0.05, 0) is 56.8 Å². The second-order valence-corrected chi connectivity index (χ2v) is 9.29. The number of thioether (sulfide) groups is 1. The number of hydrogen-bond acceptors (Lipinski definition) is 6. The third-order valence-electron chi connectivity index (χ3n) is 5.11. The Hall–Kier alpha value is -1.21. The Morgan fingerprint density at radius 1 is 1.26 bits per heavy atom. The molecule has 1 aliphatic rings. The summed E-state index contributed by atoms with van der Waals surface area (Å²) in [4.78, 5) is 10.2.